The average molecular weight is 337 g/mol. The molecule has 0 spiro atoms. The number of ether oxygens (including phenoxy) is 1. The minimum Gasteiger partial charge on any atom is -0.378 e. The van der Waals surface area contributed by atoms with E-state index >= 15 is 0 Å². The number of urea groups is 1. The molecule has 0 bridgehead atoms. The van der Waals surface area contributed by atoms with E-state index in [1.54, 1.807) is 18.4 Å². The van der Waals surface area contributed by atoms with Crippen LogP contribution in [0.15, 0.2) is 5.38 Å². The van der Waals surface area contributed by atoms with Gasteiger partial charge < -0.3 is 15.0 Å². The Labute approximate surface area is 142 Å². The molecule has 1 saturated carbocycles. The molecule has 1 aromatic rings. The molecule has 2 fully saturated rings. The van der Waals surface area contributed by atoms with Gasteiger partial charge in [0, 0.05) is 25.6 Å². The van der Waals surface area contributed by atoms with Gasteiger partial charge in [-0.3, -0.25) is 0 Å². The van der Waals surface area contributed by atoms with Crippen molar-refractivity contribution in [3.63, 3.8) is 0 Å². The van der Waals surface area contributed by atoms with Gasteiger partial charge >= 0.3 is 6.03 Å². The number of hydrogen-bond donors (Lipinski definition) is 1. The fourth-order valence-corrected chi connectivity index (χ4v) is 4.67. The van der Waals surface area contributed by atoms with Crippen LogP contribution in [0, 0.1) is 11.8 Å². The van der Waals surface area contributed by atoms with Crippen LogP contribution >= 0.6 is 11.3 Å². The number of piperidine rings is 1. The summed E-state index contributed by atoms with van der Waals surface area (Å²) in [4.78, 5) is 18.9. The normalized spacial score (nSPS) is 22.5. The fraction of sp³-hybridized carbons (Fsp3) is 0.765. The molecular weight excluding hydrogens is 310 g/mol. The summed E-state index contributed by atoms with van der Waals surface area (Å²) in [7, 11) is 1.67. The van der Waals surface area contributed by atoms with Crippen molar-refractivity contribution in [3.05, 3.63) is 16.1 Å². The fourth-order valence-electron chi connectivity index (χ4n) is 3.91. The highest BCUT2D eigenvalue weighted by atomic mass is 32.1. The highest BCUT2D eigenvalue weighted by molar-refractivity contribution is 7.09. The molecule has 1 aliphatic carbocycles. The molecule has 1 unspecified atom stereocenters. The van der Waals surface area contributed by atoms with Gasteiger partial charge in [0.15, 0.2) is 0 Å². The Bertz CT molecular complexity index is 514. The van der Waals surface area contributed by atoms with Crippen molar-refractivity contribution >= 4 is 17.4 Å². The highest BCUT2D eigenvalue weighted by Gasteiger charge is 2.30. The number of aromatic nitrogens is 1. The first-order chi connectivity index (χ1) is 11.3. The number of thiazole rings is 1. The van der Waals surface area contributed by atoms with Crippen molar-refractivity contribution in [2.45, 2.75) is 51.7 Å². The summed E-state index contributed by atoms with van der Waals surface area (Å²) >= 11 is 1.58. The Morgan fingerprint density at radius 1 is 1.35 bits per heavy atom. The van der Waals surface area contributed by atoms with Crippen LogP contribution in [0.5, 0.6) is 0 Å². The molecule has 2 heterocycles. The molecule has 23 heavy (non-hydrogen) atoms. The molecule has 1 saturated heterocycles. The maximum Gasteiger partial charge on any atom is 0.317 e. The van der Waals surface area contributed by atoms with E-state index in [-0.39, 0.29) is 6.03 Å². The molecule has 1 N–H and O–H groups in total. The number of amides is 2. The van der Waals surface area contributed by atoms with Gasteiger partial charge in [0.05, 0.1) is 18.8 Å². The number of nitrogens with one attached hydrogen (secondary N) is 1. The molecule has 0 radical (unpaired) electrons. The van der Waals surface area contributed by atoms with Gasteiger partial charge in [0.25, 0.3) is 0 Å². The first-order valence-corrected chi connectivity index (χ1v) is 9.59. The van der Waals surface area contributed by atoms with E-state index in [1.807, 2.05) is 10.3 Å². The Hall–Kier alpha value is -1.14. The molecular formula is C17H27N3O2S. The standard InChI is InChI=1S/C17H27N3O2S/c1-22-11-16-19-15(12-23-16)9-18-17(21)20-8-4-7-14(10-20)13-5-2-3-6-13/h12-14H,2-11H2,1H3,(H,18,21). The van der Waals surface area contributed by atoms with Gasteiger partial charge in [0.1, 0.15) is 5.01 Å². The van der Waals surface area contributed by atoms with Crippen LogP contribution in [-0.2, 0) is 17.9 Å². The largest absolute Gasteiger partial charge is 0.378 e. The van der Waals surface area contributed by atoms with Gasteiger partial charge in [-0.05, 0) is 24.7 Å². The second kappa shape index (κ2) is 8.11. The van der Waals surface area contributed by atoms with Crippen LogP contribution in [0.4, 0.5) is 4.79 Å². The van der Waals surface area contributed by atoms with Gasteiger partial charge in [-0.1, -0.05) is 25.7 Å². The Morgan fingerprint density at radius 3 is 2.91 bits per heavy atom. The minimum absolute atomic E-state index is 0.0639. The molecule has 2 aliphatic rings. The zero-order valence-corrected chi connectivity index (χ0v) is 14.7. The molecule has 3 rings (SSSR count). The van der Waals surface area contributed by atoms with Crippen molar-refractivity contribution in [2.24, 2.45) is 11.8 Å². The Morgan fingerprint density at radius 2 is 2.13 bits per heavy atom. The SMILES string of the molecule is COCc1nc(CNC(=O)N2CCCC(C3CCCC3)C2)cs1. The monoisotopic (exact) mass is 337 g/mol. The average Bonchev–Trinajstić information content (AvgIpc) is 3.25. The van der Waals surface area contributed by atoms with Crippen molar-refractivity contribution in [3.8, 4) is 0 Å². The lowest BCUT2D eigenvalue weighted by molar-refractivity contribution is 0.141. The number of carbonyl (C=O) groups excluding carboxylic acids is 1. The van der Waals surface area contributed by atoms with Crippen LogP contribution in [0.1, 0.15) is 49.2 Å². The quantitative estimate of drug-likeness (QED) is 0.896. The summed E-state index contributed by atoms with van der Waals surface area (Å²) in [5.41, 5.74) is 0.916. The van der Waals surface area contributed by atoms with E-state index in [0.717, 1.165) is 36.1 Å². The number of likely N-dealkylation sites (tertiary alicyclic amines) is 1. The third-order valence-corrected chi connectivity index (χ3v) is 5.97. The Kier molecular flexibility index (Phi) is 5.89. The van der Waals surface area contributed by atoms with Crippen LogP contribution < -0.4 is 5.32 Å². The molecule has 0 aromatic carbocycles. The lowest BCUT2D eigenvalue weighted by Gasteiger charge is -2.35. The van der Waals surface area contributed by atoms with Gasteiger partial charge in [-0.2, -0.15) is 0 Å². The van der Waals surface area contributed by atoms with Gasteiger partial charge in [-0.15, -0.1) is 11.3 Å². The second-order valence-electron chi connectivity index (χ2n) is 6.72. The lowest BCUT2D eigenvalue weighted by atomic mass is 9.84. The number of carbonyl (C=O) groups is 1. The van der Waals surface area contributed by atoms with E-state index in [1.165, 1.54) is 32.1 Å². The summed E-state index contributed by atoms with van der Waals surface area (Å²) < 4.78 is 5.07. The lowest BCUT2D eigenvalue weighted by Crippen LogP contribution is -2.46. The van der Waals surface area contributed by atoms with Crippen molar-refractivity contribution in [2.75, 3.05) is 20.2 Å². The third-order valence-electron chi connectivity index (χ3n) is 5.10. The summed E-state index contributed by atoms with van der Waals surface area (Å²) in [6.45, 7) is 2.86. The summed E-state index contributed by atoms with van der Waals surface area (Å²) in [6.07, 6.45) is 7.91. The van der Waals surface area contributed by atoms with E-state index in [4.69, 9.17) is 4.74 Å². The number of hydrogen-bond acceptors (Lipinski definition) is 4. The minimum atomic E-state index is 0.0639. The number of methoxy groups -OCH3 is 1. The molecule has 1 aliphatic heterocycles. The smallest absolute Gasteiger partial charge is 0.317 e. The molecule has 2 amide bonds. The first kappa shape index (κ1) is 16.7. The van der Waals surface area contributed by atoms with Crippen LogP contribution in [0.2, 0.25) is 0 Å². The predicted octanol–water partition coefficient (Wildman–Crippen LogP) is 3.40. The molecule has 128 valence electrons. The number of rotatable bonds is 5. The molecule has 1 atom stereocenters. The van der Waals surface area contributed by atoms with Crippen LogP contribution in [-0.4, -0.2) is 36.1 Å². The maximum absolute atomic E-state index is 12.4. The zero-order valence-electron chi connectivity index (χ0n) is 13.9. The molecule has 6 heteroatoms. The zero-order chi connectivity index (χ0) is 16.1. The maximum atomic E-state index is 12.4. The van der Waals surface area contributed by atoms with Gasteiger partial charge in [-0.25, -0.2) is 9.78 Å². The number of nitrogens with zero attached hydrogens (tertiary/aromatic N) is 2. The summed E-state index contributed by atoms with van der Waals surface area (Å²) in [6, 6.07) is 0.0639. The summed E-state index contributed by atoms with van der Waals surface area (Å²) in [5, 5.41) is 5.97. The van der Waals surface area contributed by atoms with E-state index in [0.29, 0.717) is 19.1 Å². The van der Waals surface area contributed by atoms with Crippen molar-refractivity contribution < 1.29 is 9.53 Å². The van der Waals surface area contributed by atoms with Gasteiger partial charge in [0.2, 0.25) is 0 Å². The van der Waals surface area contributed by atoms with Crippen molar-refractivity contribution in [1.29, 1.82) is 0 Å². The topological polar surface area (TPSA) is 54.5 Å². The Balaban J connectivity index is 1.47. The molecule has 1 aromatic heterocycles. The van der Waals surface area contributed by atoms with Crippen LogP contribution in [0.25, 0.3) is 0 Å². The predicted molar refractivity (Wildman–Crippen MR) is 91.3 cm³/mol. The highest BCUT2D eigenvalue weighted by Crippen LogP contribution is 2.35. The van der Waals surface area contributed by atoms with Crippen LogP contribution in [0.3, 0.4) is 0 Å². The second-order valence-corrected chi connectivity index (χ2v) is 7.66. The van der Waals surface area contributed by atoms with E-state index in [9.17, 15) is 4.79 Å². The van der Waals surface area contributed by atoms with E-state index in [2.05, 4.69) is 10.3 Å². The first-order valence-electron chi connectivity index (χ1n) is 8.71. The summed E-state index contributed by atoms with van der Waals surface area (Å²) in [5.74, 6) is 1.56. The third kappa shape index (κ3) is 4.44. The molecule has 5 nitrogen and oxygen atoms in total. The van der Waals surface area contributed by atoms with E-state index < -0.39 is 0 Å². The van der Waals surface area contributed by atoms with Crippen molar-refractivity contribution in [1.82, 2.24) is 15.2 Å².